The molecule has 442 valence electrons. The molecule has 1 aromatic heterocycles. The fourth-order valence-corrected chi connectivity index (χ4v) is 12.4. The highest BCUT2D eigenvalue weighted by molar-refractivity contribution is 7.13. The van der Waals surface area contributed by atoms with E-state index in [-0.39, 0.29) is 55.9 Å². The van der Waals surface area contributed by atoms with Crippen molar-refractivity contribution < 1.29 is 59.4 Å². The van der Waals surface area contributed by atoms with Gasteiger partial charge in [0.05, 0.1) is 35.9 Å². The lowest BCUT2D eigenvalue weighted by atomic mass is 9.72. The predicted molar refractivity (Wildman–Crippen MR) is 294 cm³/mol. The number of nitrogens with zero attached hydrogens (tertiary/aromatic N) is 7. The third-order valence-corrected chi connectivity index (χ3v) is 17.5. The molecule has 1 N–H and O–H groups in total. The van der Waals surface area contributed by atoms with E-state index in [2.05, 4.69) is 32.2 Å². The zero-order valence-corrected chi connectivity index (χ0v) is 47.3. The summed E-state index contributed by atoms with van der Waals surface area (Å²) in [5.74, 6) is -1.65. The van der Waals surface area contributed by atoms with Gasteiger partial charge in [0.25, 0.3) is 5.91 Å². The molecule has 22 heteroatoms. The van der Waals surface area contributed by atoms with Gasteiger partial charge >= 0.3 is 12.4 Å². The van der Waals surface area contributed by atoms with Gasteiger partial charge in [-0.2, -0.15) is 26.3 Å². The summed E-state index contributed by atoms with van der Waals surface area (Å²) in [4.78, 5) is 68.5. The molecule has 4 amide bonds. The second-order valence-electron chi connectivity index (χ2n) is 22.2. The lowest BCUT2D eigenvalue weighted by Crippen LogP contribution is -2.50. The van der Waals surface area contributed by atoms with Crippen LogP contribution in [0.5, 0.6) is 0 Å². The summed E-state index contributed by atoms with van der Waals surface area (Å²) in [6, 6.07) is 14.4. The van der Waals surface area contributed by atoms with Crippen molar-refractivity contribution in [2.75, 3.05) is 112 Å². The van der Waals surface area contributed by atoms with E-state index in [4.69, 9.17) is 9.47 Å². The van der Waals surface area contributed by atoms with Gasteiger partial charge in [-0.1, -0.05) is 49.2 Å². The number of aromatic nitrogens is 1. The van der Waals surface area contributed by atoms with Gasteiger partial charge in [0, 0.05) is 83.2 Å². The quantitative estimate of drug-likeness (QED) is 0.0535. The van der Waals surface area contributed by atoms with Gasteiger partial charge in [-0.25, -0.2) is 9.37 Å². The minimum atomic E-state index is -5.14. The Morgan fingerprint density at radius 1 is 0.765 bits per heavy atom. The highest BCUT2D eigenvalue weighted by atomic mass is 32.1. The molecule has 8 rings (SSSR count). The first-order valence-corrected chi connectivity index (χ1v) is 29.0. The summed E-state index contributed by atoms with van der Waals surface area (Å²) in [6.07, 6.45) is -0.565. The van der Waals surface area contributed by atoms with Crippen LogP contribution >= 0.6 is 11.3 Å². The second kappa shape index (κ2) is 27.1. The van der Waals surface area contributed by atoms with E-state index in [1.165, 1.54) is 60.4 Å². The molecule has 4 aromatic rings. The number of alkyl halides is 6. The molecule has 0 saturated carbocycles. The third-order valence-electron chi connectivity index (χ3n) is 16.7. The molecule has 1 aliphatic carbocycles. The Morgan fingerprint density at radius 3 is 2.11 bits per heavy atom. The van der Waals surface area contributed by atoms with Crippen LogP contribution in [0.3, 0.4) is 0 Å². The van der Waals surface area contributed by atoms with Gasteiger partial charge in [-0.05, 0) is 131 Å². The number of unbranched alkanes of at least 4 members (excludes halogenated alkanes) is 2. The lowest BCUT2D eigenvalue weighted by molar-refractivity contribution is -0.143. The summed E-state index contributed by atoms with van der Waals surface area (Å²) in [5, 5.41) is 5.99. The van der Waals surface area contributed by atoms with Gasteiger partial charge in [0.15, 0.2) is 5.13 Å². The van der Waals surface area contributed by atoms with Crippen LogP contribution in [0.2, 0.25) is 0 Å². The summed E-state index contributed by atoms with van der Waals surface area (Å²) < 4.78 is 109. The maximum Gasteiger partial charge on any atom is 0.416 e. The van der Waals surface area contributed by atoms with Crippen molar-refractivity contribution in [3.63, 3.8) is 0 Å². The molecule has 81 heavy (non-hydrogen) atoms. The Kier molecular flexibility index (Phi) is 20.6. The molecule has 1 spiro atoms. The second-order valence-corrected chi connectivity index (χ2v) is 23.1. The Morgan fingerprint density at radius 2 is 1.42 bits per heavy atom. The van der Waals surface area contributed by atoms with Crippen molar-refractivity contribution in [3.8, 4) is 0 Å². The number of hydrogen-bond acceptors (Lipinski definition) is 11. The standard InChI is InChI=1S/C59H75F7N8O6S/c1-69(52(76)37-48-39-81-55(68-48)67-23-9-4-6-15-51(75)71(3)31-32-72-26-10-5-11-27-72)24-12-25-70(2)53(77)38-79-50-35-42-13-7-8-14-49(42)56(50)20-28-73(29-21-56)30-22-57(44-16-18-47(60)19-17-44)40-74(41-80-57)54(78)43-33-45(58(61,62)63)36-46(34-43)59(64,65)66/h7-8,13-14,16-19,33-34,36,39,50H,4-6,9-12,15,20-32,35,37-38,40-41H2,1-3H3,(H,67,68)/t50-,57-/m0/s1. The molecule has 3 aliphatic heterocycles. The minimum Gasteiger partial charge on any atom is -0.367 e. The molecule has 14 nitrogen and oxygen atoms in total. The fourth-order valence-electron chi connectivity index (χ4n) is 11.7. The van der Waals surface area contributed by atoms with Crippen LogP contribution in [0, 0.1) is 5.82 Å². The fraction of sp³-hybridized carbons (Fsp3) is 0.576. The molecule has 0 radical (unpaired) electrons. The monoisotopic (exact) mass is 1160 g/mol. The van der Waals surface area contributed by atoms with E-state index in [1.54, 1.807) is 23.9 Å². The van der Waals surface area contributed by atoms with E-state index < -0.39 is 58.5 Å². The van der Waals surface area contributed by atoms with Gasteiger partial charge in [-0.3, -0.25) is 19.2 Å². The molecular weight excluding hydrogens is 1080 g/mol. The van der Waals surface area contributed by atoms with Gasteiger partial charge in [0.1, 0.15) is 24.8 Å². The van der Waals surface area contributed by atoms with Crippen LogP contribution in [0.4, 0.5) is 35.9 Å². The first-order valence-electron chi connectivity index (χ1n) is 28.2. The number of carbonyl (C=O) groups is 4. The summed E-state index contributed by atoms with van der Waals surface area (Å²) in [5.41, 5.74) is -2.12. The zero-order valence-electron chi connectivity index (χ0n) is 46.5. The molecule has 0 unspecified atom stereocenters. The van der Waals surface area contributed by atoms with E-state index in [0.717, 1.165) is 67.6 Å². The number of likely N-dealkylation sites (N-methyl/N-ethyl adjacent to an activating group) is 3. The summed E-state index contributed by atoms with van der Waals surface area (Å²) in [6.45, 7) is 6.48. The topological polar surface area (TPSA) is 131 Å². The first kappa shape index (κ1) is 61.4. The average molecular weight is 1160 g/mol. The van der Waals surface area contributed by atoms with Gasteiger partial charge in [-0.15, -0.1) is 11.3 Å². The molecule has 3 aromatic carbocycles. The molecule has 2 atom stereocenters. The van der Waals surface area contributed by atoms with Crippen LogP contribution in [0.1, 0.15) is 114 Å². The van der Waals surface area contributed by atoms with E-state index >= 15 is 0 Å². The molecule has 4 aliphatic rings. The molecule has 3 fully saturated rings. The van der Waals surface area contributed by atoms with Crippen molar-refractivity contribution >= 4 is 40.1 Å². The van der Waals surface area contributed by atoms with Crippen LogP contribution in [-0.2, 0) is 60.1 Å². The predicted octanol–water partition coefficient (Wildman–Crippen LogP) is 9.48. The summed E-state index contributed by atoms with van der Waals surface area (Å²) >= 11 is 1.46. The normalized spacial score (nSPS) is 19.4. The van der Waals surface area contributed by atoms with Crippen molar-refractivity contribution in [1.29, 1.82) is 0 Å². The van der Waals surface area contributed by atoms with Crippen LogP contribution in [-0.4, -0.2) is 171 Å². The van der Waals surface area contributed by atoms with E-state index in [9.17, 15) is 49.9 Å². The Balaban J connectivity index is 0.767. The maximum atomic E-state index is 14.2. The number of fused-ring (bicyclic) bond motifs is 2. The van der Waals surface area contributed by atoms with Gasteiger partial charge < -0.3 is 44.2 Å². The number of amides is 4. The van der Waals surface area contributed by atoms with E-state index in [1.807, 2.05) is 29.5 Å². The average Bonchev–Trinajstić information content (AvgIpc) is 4.19. The van der Waals surface area contributed by atoms with Crippen LogP contribution in [0.25, 0.3) is 0 Å². The number of nitrogens with one attached hydrogen (secondary N) is 1. The smallest absolute Gasteiger partial charge is 0.367 e. The Bertz CT molecular complexity index is 2740. The molecular formula is C59H75F7N8O6S. The zero-order chi connectivity index (χ0) is 58.0. The Hall–Kier alpha value is -5.68. The number of piperidine rings is 2. The highest BCUT2D eigenvalue weighted by Gasteiger charge is 2.50. The number of hydrogen-bond donors (Lipinski definition) is 1. The Labute approximate surface area is 473 Å². The number of anilines is 1. The largest absolute Gasteiger partial charge is 0.416 e. The lowest BCUT2D eigenvalue weighted by Gasteiger charge is -2.44. The number of thiazole rings is 1. The third kappa shape index (κ3) is 15.9. The highest BCUT2D eigenvalue weighted by Crippen LogP contribution is 2.48. The van der Waals surface area contributed by atoms with Crippen LogP contribution < -0.4 is 5.32 Å². The molecule has 4 heterocycles. The molecule has 3 saturated heterocycles. The minimum absolute atomic E-state index is 0.0261. The first-order chi connectivity index (χ1) is 38.6. The van der Waals surface area contributed by atoms with Gasteiger partial charge in [0.2, 0.25) is 17.7 Å². The number of likely N-dealkylation sites (tertiary alicyclic amines) is 2. The number of carbonyl (C=O) groups excluding carboxylic acids is 4. The number of halogens is 7. The van der Waals surface area contributed by atoms with Crippen LogP contribution in [0.15, 0.2) is 72.1 Å². The van der Waals surface area contributed by atoms with E-state index in [0.29, 0.717) is 88.2 Å². The molecule has 0 bridgehead atoms. The summed E-state index contributed by atoms with van der Waals surface area (Å²) in [7, 11) is 5.37. The van der Waals surface area contributed by atoms with Crippen molar-refractivity contribution in [2.24, 2.45) is 0 Å². The number of ether oxygens (including phenoxy) is 2. The number of benzene rings is 3. The van der Waals surface area contributed by atoms with Crippen molar-refractivity contribution in [1.82, 2.24) is 34.4 Å². The van der Waals surface area contributed by atoms with Crippen molar-refractivity contribution in [3.05, 3.63) is 117 Å². The maximum absolute atomic E-state index is 14.2. The SMILES string of the molecule is CN(CCN1CCCCC1)C(=O)CCCCCNc1nc(CC(=O)N(C)CCCN(C)C(=O)CO[C@H]2Cc3ccccc3C23CCN(CC[C@@]2(c4ccc(F)cc4)CN(C(=O)c4cc(C(F)(F)F)cc(C(F)(F)F)c4)CO2)CC3)cs1. The number of rotatable bonds is 24. The van der Waals surface area contributed by atoms with Crippen molar-refractivity contribution in [2.45, 2.75) is 113 Å².